The largest absolute Gasteiger partial charge is 0.412 e. The summed E-state index contributed by atoms with van der Waals surface area (Å²) in [7, 11) is 1.80. The van der Waals surface area contributed by atoms with Gasteiger partial charge < -0.3 is 31.4 Å². The zero-order valence-corrected chi connectivity index (χ0v) is 22.5. The number of piperidine rings is 2. The Bertz CT molecular complexity index is 510. The van der Waals surface area contributed by atoms with Gasteiger partial charge in [0.1, 0.15) is 6.23 Å². The standard InChI is InChI=1S/C25H48ClN3O.CH4.3H2O/c1-18(2)23(27-14-19-6-11-24(30-5)28-15-19)16-29-13-12-22(25(3,4)17-29)20-7-9-21(26)10-8-20;;;;/h18-24,27-28H,6-17H2,1-5H3;1H4;3*1H2/t19?,20?,21?,22?,23-,24?;;;;/m0..../s1. The van der Waals surface area contributed by atoms with Crippen molar-refractivity contribution in [1.82, 2.24) is 15.5 Å². The molecule has 0 aromatic carbocycles. The molecule has 0 spiro atoms. The summed E-state index contributed by atoms with van der Waals surface area (Å²) >= 11 is 6.38. The number of nitrogens with one attached hydrogen (secondary N) is 2. The SMILES string of the molecule is C.COC1CCC(CN[C@@H](CN2CCC(C3CCC(Cl)CC3)C(C)(C)C2)C(C)C)CN1.O.O.O. The molecule has 3 fully saturated rings. The van der Waals surface area contributed by atoms with Crippen molar-refractivity contribution in [1.29, 1.82) is 0 Å². The Labute approximate surface area is 215 Å². The fourth-order valence-corrected chi connectivity index (χ4v) is 6.62. The molecule has 2 aliphatic heterocycles. The Hall–Kier alpha value is 0.01000. The summed E-state index contributed by atoms with van der Waals surface area (Å²) in [6.07, 6.45) is 9.14. The van der Waals surface area contributed by atoms with E-state index < -0.39 is 0 Å². The Balaban J connectivity index is 0. The second-order valence-corrected chi connectivity index (χ2v) is 12.1. The molecule has 8 heteroatoms. The molecule has 7 nitrogen and oxygen atoms in total. The molecule has 3 aliphatic rings. The van der Waals surface area contributed by atoms with E-state index in [4.69, 9.17) is 16.3 Å². The van der Waals surface area contributed by atoms with E-state index in [2.05, 4.69) is 43.2 Å². The number of methoxy groups -OCH3 is 1. The number of rotatable bonds is 8. The molecule has 0 bridgehead atoms. The van der Waals surface area contributed by atoms with Crippen LogP contribution in [0, 0.1) is 29.1 Å². The smallest absolute Gasteiger partial charge is 0.107 e. The molecule has 1 saturated carbocycles. The van der Waals surface area contributed by atoms with E-state index in [1.165, 1.54) is 58.2 Å². The van der Waals surface area contributed by atoms with Gasteiger partial charge in [0.2, 0.25) is 0 Å². The summed E-state index contributed by atoms with van der Waals surface area (Å²) < 4.78 is 5.44. The van der Waals surface area contributed by atoms with Crippen LogP contribution < -0.4 is 10.6 Å². The van der Waals surface area contributed by atoms with Crippen molar-refractivity contribution in [2.24, 2.45) is 29.1 Å². The predicted molar refractivity (Wildman–Crippen MR) is 146 cm³/mol. The van der Waals surface area contributed by atoms with Gasteiger partial charge in [-0.1, -0.05) is 35.1 Å². The van der Waals surface area contributed by atoms with Crippen molar-refractivity contribution < 1.29 is 21.2 Å². The Morgan fingerprint density at radius 2 is 1.68 bits per heavy atom. The Morgan fingerprint density at radius 1 is 1.03 bits per heavy atom. The van der Waals surface area contributed by atoms with Gasteiger partial charge in [-0.2, -0.15) is 0 Å². The fourth-order valence-electron chi connectivity index (χ4n) is 6.37. The zero-order chi connectivity index (χ0) is 21.7. The molecule has 8 N–H and O–H groups in total. The molecule has 1 aliphatic carbocycles. The quantitative estimate of drug-likeness (QED) is 0.485. The summed E-state index contributed by atoms with van der Waals surface area (Å²) in [6.45, 7) is 15.7. The molecular weight excluding hydrogens is 454 g/mol. The molecule has 3 unspecified atom stereocenters. The number of alkyl halides is 1. The molecule has 4 atom stereocenters. The molecule has 208 valence electrons. The predicted octanol–water partition coefficient (Wildman–Crippen LogP) is 2.88. The average Bonchev–Trinajstić information content (AvgIpc) is 2.71. The minimum Gasteiger partial charge on any atom is -0.412 e. The van der Waals surface area contributed by atoms with Crippen LogP contribution >= 0.6 is 11.6 Å². The molecule has 3 rings (SSSR count). The second-order valence-electron chi connectivity index (χ2n) is 11.5. The van der Waals surface area contributed by atoms with Gasteiger partial charge in [-0.05, 0) is 87.1 Å². The van der Waals surface area contributed by atoms with E-state index in [1.807, 2.05) is 0 Å². The number of nitrogens with zero attached hydrogens (tertiary/aromatic N) is 1. The van der Waals surface area contributed by atoms with Crippen molar-refractivity contribution in [3.63, 3.8) is 0 Å². The third-order valence-electron chi connectivity index (χ3n) is 8.35. The third kappa shape index (κ3) is 10.2. The first kappa shape index (κ1) is 36.2. The van der Waals surface area contributed by atoms with Gasteiger partial charge in [0.25, 0.3) is 0 Å². The summed E-state index contributed by atoms with van der Waals surface area (Å²) in [5.41, 5.74) is 0.409. The highest BCUT2D eigenvalue weighted by atomic mass is 35.5. The maximum Gasteiger partial charge on any atom is 0.107 e. The molecular formula is C26H58ClN3O4. The minimum absolute atomic E-state index is 0. The number of halogens is 1. The van der Waals surface area contributed by atoms with Crippen LogP contribution in [0.2, 0.25) is 0 Å². The molecule has 2 heterocycles. The highest BCUT2D eigenvalue weighted by Gasteiger charge is 2.41. The van der Waals surface area contributed by atoms with E-state index in [1.54, 1.807) is 7.11 Å². The fraction of sp³-hybridized carbons (Fsp3) is 1.00. The van der Waals surface area contributed by atoms with Gasteiger partial charge in [0.15, 0.2) is 0 Å². The van der Waals surface area contributed by atoms with Gasteiger partial charge in [-0.15, -0.1) is 11.6 Å². The van der Waals surface area contributed by atoms with Gasteiger partial charge in [0, 0.05) is 38.2 Å². The number of likely N-dealkylation sites (tertiary alicyclic amines) is 1. The lowest BCUT2D eigenvalue weighted by atomic mass is 9.64. The average molecular weight is 512 g/mol. The van der Waals surface area contributed by atoms with Crippen molar-refractivity contribution >= 4 is 11.6 Å². The van der Waals surface area contributed by atoms with Gasteiger partial charge >= 0.3 is 0 Å². The van der Waals surface area contributed by atoms with Crippen LogP contribution in [0.25, 0.3) is 0 Å². The number of hydrogen-bond acceptors (Lipinski definition) is 4. The number of hydrogen-bond donors (Lipinski definition) is 2. The molecule has 34 heavy (non-hydrogen) atoms. The zero-order valence-electron chi connectivity index (χ0n) is 21.8. The van der Waals surface area contributed by atoms with E-state index in [0.717, 1.165) is 37.3 Å². The highest BCUT2D eigenvalue weighted by Crippen LogP contribution is 2.45. The Morgan fingerprint density at radius 3 is 2.18 bits per heavy atom. The Kier molecular flexibility index (Phi) is 17.8. The van der Waals surface area contributed by atoms with E-state index in [0.29, 0.717) is 22.8 Å². The molecule has 0 radical (unpaired) electrons. The van der Waals surface area contributed by atoms with Crippen LogP contribution in [0.1, 0.15) is 80.1 Å². The number of ether oxygens (including phenoxy) is 1. The van der Waals surface area contributed by atoms with Crippen LogP contribution in [0.4, 0.5) is 0 Å². The van der Waals surface area contributed by atoms with E-state index in [9.17, 15) is 0 Å². The highest BCUT2D eigenvalue weighted by molar-refractivity contribution is 6.20. The summed E-state index contributed by atoms with van der Waals surface area (Å²) in [5.74, 6) is 3.14. The summed E-state index contributed by atoms with van der Waals surface area (Å²) in [6, 6.07) is 0.573. The maximum absolute atomic E-state index is 6.38. The van der Waals surface area contributed by atoms with Crippen molar-refractivity contribution in [2.75, 3.05) is 39.8 Å². The normalized spacial score (nSPS) is 32.4. The van der Waals surface area contributed by atoms with Crippen LogP contribution in [-0.2, 0) is 4.74 Å². The van der Waals surface area contributed by atoms with Gasteiger partial charge in [-0.3, -0.25) is 5.32 Å². The van der Waals surface area contributed by atoms with Crippen molar-refractivity contribution in [3.05, 3.63) is 0 Å². The molecule has 0 amide bonds. The van der Waals surface area contributed by atoms with Crippen LogP contribution in [0.3, 0.4) is 0 Å². The van der Waals surface area contributed by atoms with E-state index in [-0.39, 0.29) is 30.1 Å². The first-order valence-electron chi connectivity index (χ1n) is 12.6. The lowest BCUT2D eigenvalue weighted by molar-refractivity contribution is 0.00417. The van der Waals surface area contributed by atoms with Gasteiger partial charge in [0.05, 0.1) is 0 Å². The molecule has 2 saturated heterocycles. The van der Waals surface area contributed by atoms with Gasteiger partial charge in [-0.25, -0.2) is 0 Å². The van der Waals surface area contributed by atoms with E-state index >= 15 is 0 Å². The first-order valence-corrected chi connectivity index (χ1v) is 13.1. The molecule has 0 aromatic heterocycles. The summed E-state index contributed by atoms with van der Waals surface area (Å²) in [5, 5.41) is 7.89. The lowest BCUT2D eigenvalue weighted by Crippen LogP contribution is -2.54. The first-order chi connectivity index (χ1) is 14.3. The van der Waals surface area contributed by atoms with Crippen LogP contribution in [-0.4, -0.2) is 78.8 Å². The monoisotopic (exact) mass is 511 g/mol. The van der Waals surface area contributed by atoms with Crippen molar-refractivity contribution in [3.8, 4) is 0 Å². The topological polar surface area (TPSA) is 131 Å². The van der Waals surface area contributed by atoms with Crippen molar-refractivity contribution in [2.45, 2.75) is 97.7 Å². The lowest BCUT2D eigenvalue weighted by Gasteiger charge is -2.49. The molecule has 0 aromatic rings. The van der Waals surface area contributed by atoms with Crippen LogP contribution in [0.15, 0.2) is 0 Å². The second kappa shape index (κ2) is 16.7. The third-order valence-corrected chi connectivity index (χ3v) is 8.78. The maximum atomic E-state index is 6.38. The minimum atomic E-state index is 0. The summed E-state index contributed by atoms with van der Waals surface area (Å²) in [4.78, 5) is 2.75. The van der Waals surface area contributed by atoms with Crippen LogP contribution in [0.5, 0.6) is 0 Å².